The fraction of sp³-hybridized carbons (Fsp3) is 0.500. The average molecular weight is 369 g/mol. The van der Waals surface area contributed by atoms with Gasteiger partial charge in [0.15, 0.2) is 0 Å². The summed E-state index contributed by atoms with van der Waals surface area (Å²) in [6.45, 7) is 11.1. The molecule has 7 nitrogen and oxygen atoms in total. The highest BCUT2D eigenvalue weighted by molar-refractivity contribution is 5.40. The van der Waals surface area contributed by atoms with Crippen LogP contribution in [0.2, 0.25) is 0 Å². The number of aromatic nitrogens is 2. The van der Waals surface area contributed by atoms with Crippen molar-refractivity contribution in [1.29, 1.82) is 0 Å². The fourth-order valence-corrected chi connectivity index (χ4v) is 3.27. The summed E-state index contributed by atoms with van der Waals surface area (Å²) in [6, 6.07) is 8.93. The molecule has 2 heterocycles. The molecule has 1 aliphatic heterocycles. The Labute approximate surface area is 160 Å². The highest BCUT2D eigenvalue weighted by Gasteiger charge is 2.19. The molecule has 0 N–H and O–H groups in total. The lowest BCUT2D eigenvalue weighted by Gasteiger charge is -2.35. The normalized spacial score (nSPS) is 15.3. The van der Waals surface area contributed by atoms with E-state index in [4.69, 9.17) is 4.98 Å². The van der Waals surface area contributed by atoms with Crippen LogP contribution in [0.25, 0.3) is 0 Å². The van der Waals surface area contributed by atoms with Crippen LogP contribution in [0.3, 0.4) is 0 Å². The highest BCUT2D eigenvalue weighted by atomic mass is 16.6. The number of hydrogen-bond acceptors (Lipinski definition) is 6. The van der Waals surface area contributed by atoms with Crippen molar-refractivity contribution >= 4 is 11.5 Å². The van der Waals surface area contributed by atoms with Gasteiger partial charge < -0.3 is 4.90 Å². The number of non-ortho nitro benzene ring substituents is 1. The van der Waals surface area contributed by atoms with Gasteiger partial charge >= 0.3 is 0 Å². The number of piperazine rings is 1. The summed E-state index contributed by atoms with van der Waals surface area (Å²) in [7, 11) is 0. The molecule has 1 saturated heterocycles. The molecule has 0 spiro atoms. The zero-order chi connectivity index (χ0) is 19.4. The van der Waals surface area contributed by atoms with E-state index in [1.807, 2.05) is 19.1 Å². The van der Waals surface area contributed by atoms with E-state index >= 15 is 0 Å². The van der Waals surface area contributed by atoms with Crippen LogP contribution in [-0.4, -0.2) is 52.5 Å². The molecule has 1 aromatic heterocycles. The van der Waals surface area contributed by atoms with Crippen LogP contribution in [0.4, 0.5) is 11.5 Å². The van der Waals surface area contributed by atoms with Gasteiger partial charge in [-0.25, -0.2) is 9.97 Å². The van der Waals surface area contributed by atoms with E-state index in [0.717, 1.165) is 62.0 Å². The maximum atomic E-state index is 10.7. The SMILES string of the molecule is Cc1cc(N2CCN(CCc3ccc([N+](=O)[O-])cc3)CC2)nc(C(C)C)n1. The first kappa shape index (κ1) is 19.2. The lowest BCUT2D eigenvalue weighted by Crippen LogP contribution is -2.47. The molecule has 0 amide bonds. The minimum Gasteiger partial charge on any atom is -0.354 e. The molecule has 0 bridgehead atoms. The van der Waals surface area contributed by atoms with E-state index in [1.165, 1.54) is 0 Å². The number of anilines is 1. The van der Waals surface area contributed by atoms with Gasteiger partial charge in [0.05, 0.1) is 4.92 Å². The summed E-state index contributed by atoms with van der Waals surface area (Å²) in [5, 5.41) is 10.7. The molecule has 1 aliphatic rings. The Morgan fingerprint density at radius 2 is 1.78 bits per heavy atom. The van der Waals surface area contributed by atoms with Gasteiger partial charge in [-0.1, -0.05) is 26.0 Å². The van der Waals surface area contributed by atoms with Crippen molar-refractivity contribution in [2.45, 2.75) is 33.1 Å². The van der Waals surface area contributed by atoms with Crippen LogP contribution >= 0.6 is 0 Å². The summed E-state index contributed by atoms with van der Waals surface area (Å²) in [5.74, 6) is 2.26. The maximum Gasteiger partial charge on any atom is 0.269 e. The van der Waals surface area contributed by atoms with Crippen LogP contribution in [0.5, 0.6) is 0 Å². The van der Waals surface area contributed by atoms with E-state index < -0.39 is 0 Å². The standard InChI is InChI=1S/C20H27N5O2/c1-15(2)20-21-16(3)14-19(22-20)24-12-10-23(11-13-24)9-8-17-4-6-18(7-5-17)25(26)27/h4-7,14-15H,8-13H2,1-3H3. The monoisotopic (exact) mass is 369 g/mol. The number of nitrogens with zero attached hydrogens (tertiary/aromatic N) is 5. The Hall–Kier alpha value is -2.54. The van der Waals surface area contributed by atoms with Crippen LogP contribution in [0.1, 0.15) is 36.8 Å². The van der Waals surface area contributed by atoms with Crippen molar-refractivity contribution in [3.05, 3.63) is 57.5 Å². The molecule has 0 unspecified atom stereocenters. The average Bonchev–Trinajstić information content (AvgIpc) is 2.66. The Kier molecular flexibility index (Phi) is 6.01. The summed E-state index contributed by atoms with van der Waals surface area (Å²) in [4.78, 5) is 24.4. The zero-order valence-corrected chi connectivity index (χ0v) is 16.3. The zero-order valence-electron chi connectivity index (χ0n) is 16.3. The second-order valence-corrected chi connectivity index (χ2v) is 7.38. The molecule has 2 aromatic rings. The fourth-order valence-electron chi connectivity index (χ4n) is 3.27. The Morgan fingerprint density at radius 1 is 1.11 bits per heavy atom. The summed E-state index contributed by atoms with van der Waals surface area (Å²) in [6.07, 6.45) is 0.905. The molecule has 144 valence electrons. The number of aryl methyl sites for hydroxylation is 1. The van der Waals surface area contributed by atoms with Crippen LogP contribution in [-0.2, 0) is 6.42 Å². The van der Waals surface area contributed by atoms with E-state index in [2.05, 4.69) is 34.7 Å². The first-order valence-corrected chi connectivity index (χ1v) is 9.48. The van der Waals surface area contributed by atoms with Gasteiger partial charge in [0.1, 0.15) is 11.6 Å². The quantitative estimate of drug-likeness (QED) is 0.575. The van der Waals surface area contributed by atoms with Crippen molar-refractivity contribution in [2.75, 3.05) is 37.6 Å². The van der Waals surface area contributed by atoms with Crippen molar-refractivity contribution < 1.29 is 4.92 Å². The minimum atomic E-state index is -0.359. The Balaban J connectivity index is 1.52. The third-order valence-corrected chi connectivity index (χ3v) is 4.93. The molecule has 0 radical (unpaired) electrons. The lowest BCUT2D eigenvalue weighted by molar-refractivity contribution is -0.384. The van der Waals surface area contributed by atoms with Gasteiger partial charge in [0.2, 0.25) is 0 Å². The van der Waals surface area contributed by atoms with E-state index in [0.29, 0.717) is 5.92 Å². The predicted molar refractivity (Wildman–Crippen MR) is 106 cm³/mol. The molecular formula is C20H27N5O2. The molecule has 7 heteroatoms. The topological polar surface area (TPSA) is 75.4 Å². The lowest BCUT2D eigenvalue weighted by atomic mass is 10.1. The van der Waals surface area contributed by atoms with Crippen molar-refractivity contribution in [3.63, 3.8) is 0 Å². The van der Waals surface area contributed by atoms with Gasteiger partial charge in [0.25, 0.3) is 5.69 Å². The van der Waals surface area contributed by atoms with Gasteiger partial charge in [-0.05, 0) is 18.9 Å². The van der Waals surface area contributed by atoms with Gasteiger partial charge in [-0.2, -0.15) is 0 Å². The Bertz CT molecular complexity index is 783. The molecule has 0 saturated carbocycles. The van der Waals surface area contributed by atoms with Crippen LogP contribution in [0, 0.1) is 17.0 Å². The van der Waals surface area contributed by atoms with E-state index in [-0.39, 0.29) is 10.6 Å². The van der Waals surface area contributed by atoms with Gasteiger partial charge in [-0.15, -0.1) is 0 Å². The first-order chi connectivity index (χ1) is 12.9. The molecule has 27 heavy (non-hydrogen) atoms. The largest absolute Gasteiger partial charge is 0.354 e. The van der Waals surface area contributed by atoms with Gasteiger partial charge in [-0.3, -0.25) is 15.0 Å². The number of benzene rings is 1. The number of nitro groups is 1. The van der Waals surface area contributed by atoms with Crippen molar-refractivity contribution in [1.82, 2.24) is 14.9 Å². The summed E-state index contributed by atoms with van der Waals surface area (Å²) in [5.41, 5.74) is 2.30. The number of hydrogen-bond donors (Lipinski definition) is 0. The third kappa shape index (κ3) is 5.01. The third-order valence-electron chi connectivity index (χ3n) is 4.93. The molecule has 0 aliphatic carbocycles. The molecule has 1 fully saturated rings. The van der Waals surface area contributed by atoms with Crippen LogP contribution < -0.4 is 4.90 Å². The second kappa shape index (κ2) is 8.43. The summed E-state index contributed by atoms with van der Waals surface area (Å²) < 4.78 is 0. The summed E-state index contributed by atoms with van der Waals surface area (Å²) >= 11 is 0. The number of nitro benzene ring substituents is 1. The molecule has 0 atom stereocenters. The second-order valence-electron chi connectivity index (χ2n) is 7.38. The Morgan fingerprint density at radius 3 is 2.37 bits per heavy atom. The predicted octanol–water partition coefficient (Wildman–Crippen LogP) is 3.18. The first-order valence-electron chi connectivity index (χ1n) is 9.48. The van der Waals surface area contributed by atoms with Gasteiger partial charge in [0, 0.05) is 62.5 Å². The molecular weight excluding hydrogens is 342 g/mol. The van der Waals surface area contributed by atoms with E-state index in [9.17, 15) is 10.1 Å². The van der Waals surface area contributed by atoms with Crippen molar-refractivity contribution in [3.8, 4) is 0 Å². The van der Waals surface area contributed by atoms with Crippen LogP contribution in [0.15, 0.2) is 30.3 Å². The smallest absolute Gasteiger partial charge is 0.269 e. The van der Waals surface area contributed by atoms with Crippen molar-refractivity contribution in [2.24, 2.45) is 0 Å². The maximum absolute atomic E-state index is 10.7. The molecule has 1 aromatic carbocycles. The minimum absolute atomic E-state index is 0.147. The highest BCUT2D eigenvalue weighted by Crippen LogP contribution is 2.19. The molecule has 3 rings (SSSR count). The van der Waals surface area contributed by atoms with E-state index in [1.54, 1.807) is 12.1 Å². The number of rotatable bonds is 6.